The van der Waals surface area contributed by atoms with E-state index in [0.29, 0.717) is 37.0 Å². The van der Waals surface area contributed by atoms with Crippen LogP contribution in [-0.2, 0) is 35.3 Å². The zero-order chi connectivity index (χ0) is 32.3. The zero-order valence-electron chi connectivity index (χ0n) is 24.3. The molecule has 0 radical (unpaired) electrons. The first-order chi connectivity index (χ1) is 21.3. The van der Waals surface area contributed by atoms with Gasteiger partial charge in [-0.2, -0.15) is 17.6 Å². The van der Waals surface area contributed by atoms with Crippen LogP contribution in [0.5, 0.6) is 0 Å². The summed E-state index contributed by atoms with van der Waals surface area (Å²) < 4.78 is 91.4. The second-order valence-corrected chi connectivity index (χ2v) is 15.4. The molecule has 0 spiro atoms. The molecule has 7 rings (SSSR count). The molecular formula is C33H34F4O6S2. The lowest BCUT2D eigenvalue weighted by molar-refractivity contribution is -0.320. The normalized spacial score (nSPS) is 24.2. The van der Waals surface area contributed by atoms with Crippen LogP contribution < -0.4 is 0 Å². The Balaban J connectivity index is 0.000000186. The number of hydrogen-bond acceptors (Lipinski definition) is 6. The maximum absolute atomic E-state index is 13.1. The van der Waals surface area contributed by atoms with Crippen LogP contribution >= 0.6 is 0 Å². The van der Waals surface area contributed by atoms with Crippen molar-refractivity contribution in [3.05, 3.63) is 91.0 Å². The van der Waals surface area contributed by atoms with Gasteiger partial charge in [0, 0.05) is 0 Å². The molecule has 0 saturated heterocycles. The van der Waals surface area contributed by atoms with Crippen molar-refractivity contribution in [1.29, 1.82) is 0 Å². The van der Waals surface area contributed by atoms with Crippen molar-refractivity contribution in [2.24, 2.45) is 23.2 Å². The summed E-state index contributed by atoms with van der Waals surface area (Å²) in [5.41, 5.74) is -0.639. The molecule has 0 amide bonds. The van der Waals surface area contributed by atoms with E-state index in [-0.39, 0.29) is 10.9 Å². The number of alkyl halides is 4. The number of ether oxygens (including phenoxy) is 2. The molecule has 4 saturated carbocycles. The lowest BCUT2D eigenvalue weighted by Crippen LogP contribution is -2.51. The van der Waals surface area contributed by atoms with Gasteiger partial charge in [0.05, 0.1) is 22.9 Å². The summed E-state index contributed by atoms with van der Waals surface area (Å²) in [6.45, 7) is -1.89. The molecule has 45 heavy (non-hydrogen) atoms. The van der Waals surface area contributed by atoms with Crippen LogP contribution in [0.25, 0.3) is 0 Å². The number of rotatable bonds is 10. The highest BCUT2D eigenvalue weighted by molar-refractivity contribution is 7.97. The van der Waals surface area contributed by atoms with Crippen LogP contribution in [0, 0.1) is 23.2 Å². The molecule has 4 bridgehead atoms. The largest absolute Gasteiger partial charge is 0.743 e. The summed E-state index contributed by atoms with van der Waals surface area (Å²) in [7, 11) is -6.62. The van der Waals surface area contributed by atoms with E-state index in [1.165, 1.54) is 14.7 Å². The summed E-state index contributed by atoms with van der Waals surface area (Å²) in [4.78, 5) is 16.5. The lowest BCUT2D eigenvalue weighted by Gasteiger charge is -2.55. The molecule has 4 aliphatic carbocycles. The van der Waals surface area contributed by atoms with Crippen LogP contribution in [0.3, 0.4) is 0 Å². The highest BCUT2D eigenvalue weighted by atomic mass is 32.2. The third-order valence-corrected chi connectivity index (χ3v) is 11.8. The molecule has 242 valence electrons. The van der Waals surface area contributed by atoms with E-state index in [1.54, 1.807) is 0 Å². The highest BCUT2D eigenvalue weighted by Gasteiger charge is 2.63. The number of esters is 1. The molecule has 0 N–H and O–H groups in total. The molecule has 3 aromatic carbocycles. The summed E-state index contributed by atoms with van der Waals surface area (Å²) in [6.07, 6.45) is -0.216. The van der Waals surface area contributed by atoms with Gasteiger partial charge in [-0.05, 0) is 92.7 Å². The van der Waals surface area contributed by atoms with E-state index in [2.05, 4.69) is 95.7 Å². The third-order valence-electron chi connectivity index (χ3n) is 8.66. The van der Waals surface area contributed by atoms with Crippen LogP contribution in [0.2, 0.25) is 0 Å². The van der Waals surface area contributed by atoms with Crippen LogP contribution in [-0.4, -0.2) is 43.5 Å². The third kappa shape index (κ3) is 7.40. The Kier molecular flexibility index (Phi) is 9.98. The van der Waals surface area contributed by atoms with Gasteiger partial charge in [0.15, 0.2) is 24.8 Å². The Bertz CT molecular complexity index is 1410. The van der Waals surface area contributed by atoms with Gasteiger partial charge in [0.1, 0.15) is 6.61 Å². The fourth-order valence-electron chi connectivity index (χ4n) is 7.13. The van der Waals surface area contributed by atoms with E-state index >= 15 is 0 Å². The molecule has 3 aromatic rings. The number of hydrogen-bond donors (Lipinski definition) is 0. The maximum atomic E-state index is 13.1. The molecule has 12 heteroatoms. The quantitative estimate of drug-likeness (QED) is 0.0743. The highest BCUT2D eigenvalue weighted by Crippen LogP contribution is 2.60. The Morgan fingerprint density at radius 2 is 1.11 bits per heavy atom. The Morgan fingerprint density at radius 1 is 0.733 bits per heavy atom. The second-order valence-electron chi connectivity index (χ2n) is 11.9. The number of benzene rings is 3. The first-order valence-electron chi connectivity index (χ1n) is 14.7. The van der Waals surface area contributed by atoms with Gasteiger partial charge >= 0.3 is 17.3 Å². The topological polar surface area (TPSA) is 92.7 Å². The standard InChI is InChI=1S/C18H15S.C15H20F4O6S/c1-4-10-16(11-5-1)19(17-12-6-2-7-13-17)18-14-8-3-9-15-18;16-14(17,15(18,19)26(21,22)23)25-2-1-24-12(20)13-6-9-3-10(7-13)5-11(4-9)8-13/h1-15H;9-11H,1-8H2,(H,21,22,23)/q+1;/p-1. The van der Waals surface area contributed by atoms with Gasteiger partial charge in [-0.15, -0.1) is 0 Å². The van der Waals surface area contributed by atoms with Crippen molar-refractivity contribution in [3.8, 4) is 0 Å². The monoisotopic (exact) mass is 666 g/mol. The van der Waals surface area contributed by atoms with Crippen molar-refractivity contribution in [2.45, 2.75) is 64.6 Å². The Morgan fingerprint density at radius 3 is 1.47 bits per heavy atom. The van der Waals surface area contributed by atoms with Crippen molar-refractivity contribution in [2.75, 3.05) is 13.2 Å². The number of halogens is 4. The van der Waals surface area contributed by atoms with Crippen molar-refractivity contribution >= 4 is 27.0 Å². The Hall–Kier alpha value is -2.93. The van der Waals surface area contributed by atoms with Gasteiger partial charge < -0.3 is 14.0 Å². The maximum Gasteiger partial charge on any atom is 0.433 e. The predicted molar refractivity (Wildman–Crippen MR) is 159 cm³/mol. The summed E-state index contributed by atoms with van der Waals surface area (Å²) in [5, 5.41) is -5.91. The minimum Gasteiger partial charge on any atom is -0.743 e. The summed E-state index contributed by atoms with van der Waals surface area (Å²) in [6, 6.07) is 32.2. The Labute approximate surface area is 263 Å². The SMILES string of the molecule is O=C(OCCOC(F)(F)C(F)(F)S(=O)(=O)[O-])C12CC3CC(CC(C3)C1)C2.c1ccc([S+](c2ccccc2)c2ccccc2)cc1. The van der Waals surface area contributed by atoms with Crippen molar-refractivity contribution in [3.63, 3.8) is 0 Å². The smallest absolute Gasteiger partial charge is 0.433 e. The minimum absolute atomic E-state index is 0.0146. The average Bonchev–Trinajstić information content (AvgIpc) is 3.00. The van der Waals surface area contributed by atoms with Gasteiger partial charge in [-0.25, -0.2) is 8.42 Å². The first-order valence-corrected chi connectivity index (χ1v) is 17.4. The first kappa shape index (κ1) is 33.4. The van der Waals surface area contributed by atoms with Gasteiger partial charge in [0.25, 0.3) is 0 Å². The molecule has 6 nitrogen and oxygen atoms in total. The van der Waals surface area contributed by atoms with Crippen molar-refractivity contribution < 1.29 is 44.8 Å². The lowest BCUT2D eigenvalue weighted by atomic mass is 9.49. The second kappa shape index (κ2) is 13.4. The molecule has 4 fully saturated rings. The fraction of sp³-hybridized carbons (Fsp3) is 0.424. The van der Waals surface area contributed by atoms with Crippen LogP contribution in [0.15, 0.2) is 106 Å². The van der Waals surface area contributed by atoms with E-state index in [9.17, 15) is 35.3 Å². The van der Waals surface area contributed by atoms with E-state index in [4.69, 9.17) is 4.74 Å². The molecule has 0 unspecified atom stereocenters. The van der Waals surface area contributed by atoms with Crippen LogP contribution in [0.4, 0.5) is 17.6 Å². The van der Waals surface area contributed by atoms with E-state index in [1.807, 2.05) is 0 Å². The molecule has 0 aliphatic heterocycles. The summed E-state index contributed by atoms with van der Waals surface area (Å²) in [5.74, 6) is 0.813. The average molecular weight is 667 g/mol. The van der Waals surface area contributed by atoms with Gasteiger partial charge in [0.2, 0.25) is 0 Å². The summed E-state index contributed by atoms with van der Waals surface area (Å²) >= 11 is 0. The molecule has 0 heterocycles. The van der Waals surface area contributed by atoms with E-state index in [0.717, 1.165) is 19.3 Å². The number of carbonyl (C=O) groups is 1. The van der Waals surface area contributed by atoms with Crippen molar-refractivity contribution in [1.82, 2.24) is 0 Å². The van der Waals surface area contributed by atoms with Gasteiger partial charge in [-0.3, -0.25) is 4.79 Å². The molecule has 4 aliphatic rings. The molecular weight excluding hydrogens is 632 g/mol. The molecule has 0 atom stereocenters. The number of carbonyl (C=O) groups excluding carboxylic acids is 1. The predicted octanol–water partition coefficient (Wildman–Crippen LogP) is 7.28. The zero-order valence-corrected chi connectivity index (χ0v) is 26.0. The van der Waals surface area contributed by atoms with Gasteiger partial charge in [-0.1, -0.05) is 54.6 Å². The minimum atomic E-state index is -6.61. The molecule has 0 aromatic heterocycles. The van der Waals surface area contributed by atoms with E-state index < -0.39 is 46.1 Å². The fourth-order valence-corrected chi connectivity index (χ4v) is 9.58. The van der Waals surface area contributed by atoms with Crippen LogP contribution in [0.1, 0.15) is 38.5 Å².